The van der Waals surface area contributed by atoms with Crippen LogP contribution in [0, 0.1) is 17.0 Å². The third kappa shape index (κ3) is 3.34. The second-order valence-corrected chi connectivity index (χ2v) is 5.81. The Morgan fingerprint density at radius 2 is 2.00 bits per heavy atom. The van der Waals surface area contributed by atoms with Crippen LogP contribution in [0.4, 0.5) is 17.2 Å². The summed E-state index contributed by atoms with van der Waals surface area (Å²) in [5.74, 6) is 0.598. The number of carbonyl (C=O) groups excluding carboxylic acids is 1. The fourth-order valence-corrected chi connectivity index (χ4v) is 2.80. The second kappa shape index (κ2) is 6.66. The van der Waals surface area contributed by atoms with Crippen LogP contribution in [-0.2, 0) is 0 Å². The van der Waals surface area contributed by atoms with Crippen LogP contribution < -0.4 is 10.2 Å². The Balaban J connectivity index is 1.70. The summed E-state index contributed by atoms with van der Waals surface area (Å²) < 4.78 is 0. The lowest BCUT2D eigenvalue weighted by molar-refractivity contribution is -0.385. The second-order valence-electron chi connectivity index (χ2n) is 5.81. The van der Waals surface area contributed by atoms with E-state index in [2.05, 4.69) is 15.2 Å². The minimum absolute atomic E-state index is 0.00295. The summed E-state index contributed by atoms with van der Waals surface area (Å²) in [5.41, 5.74) is 1.43. The van der Waals surface area contributed by atoms with E-state index in [1.807, 2.05) is 12.1 Å². The van der Waals surface area contributed by atoms with Crippen LogP contribution in [0.2, 0.25) is 0 Å². The van der Waals surface area contributed by atoms with Crippen molar-refractivity contribution in [3.05, 3.63) is 57.8 Å². The van der Waals surface area contributed by atoms with E-state index >= 15 is 0 Å². The highest BCUT2D eigenvalue weighted by Gasteiger charge is 2.15. The summed E-state index contributed by atoms with van der Waals surface area (Å²) in [6, 6.07) is 8.02. The molecule has 124 valence electrons. The van der Waals surface area contributed by atoms with E-state index in [0.717, 1.165) is 18.9 Å². The Morgan fingerprint density at radius 3 is 2.58 bits per heavy atom. The van der Waals surface area contributed by atoms with Crippen LogP contribution in [0.15, 0.2) is 36.5 Å². The summed E-state index contributed by atoms with van der Waals surface area (Å²) >= 11 is 0. The van der Waals surface area contributed by atoms with E-state index in [1.165, 1.54) is 31.0 Å². The molecule has 2 heterocycles. The molecule has 0 spiro atoms. The Hall–Kier alpha value is -2.96. The van der Waals surface area contributed by atoms with E-state index in [4.69, 9.17) is 0 Å². The molecule has 0 bridgehead atoms. The minimum Gasteiger partial charge on any atom is -0.357 e. The van der Waals surface area contributed by atoms with E-state index < -0.39 is 4.92 Å². The van der Waals surface area contributed by atoms with Crippen molar-refractivity contribution in [3.8, 4) is 0 Å². The number of anilines is 2. The lowest BCUT2D eigenvalue weighted by Gasteiger charge is -2.16. The molecule has 1 amide bonds. The number of hydrogen-bond acceptors (Lipinski definition) is 5. The highest BCUT2D eigenvalue weighted by Crippen LogP contribution is 2.21. The first-order chi connectivity index (χ1) is 11.5. The maximum absolute atomic E-state index is 12.3. The molecule has 3 rings (SSSR count). The number of nitrogens with one attached hydrogen (secondary N) is 1. The first-order valence-electron chi connectivity index (χ1n) is 7.82. The number of hydrogen-bond donors (Lipinski definition) is 1. The van der Waals surface area contributed by atoms with Gasteiger partial charge in [0.05, 0.1) is 16.8 Å². The minimum atomic E-state index is -0.460. The molecule has 1 aromatic carbocycles. The molecule has 1 aliphatic rings. The third-order valence-electron chi connectivity index (χ3n) is 4.09. The highest BCUT2D eigenvalue weighted by molar-refractivity contribution is 6.04. The largest absolute Gasteiger partial charge is 0.357 e. The first kappa shape index (κ1) is 15.9. The molecular formula is C17H18N4O3. The zero-order valence-corrected chi connectivity index (χ0v) is 13.4. The number of pyridine rings is 1. The molecule has 0 atom stereocenters. The van der Waals surface area contributed by atoms with Gasteiger partial charge in [0.25, 0.3) is 11.6 Å². The maximum atomic E-state index is 12.3. The molecule has 0 unspecified atom stereocenters. The predicted octanol–water partition coefficient (Wildman–Crippen LogP) is 3.15. The highest BCUT2D eigenvalue weighted by atomic mass is 16.6. The van der Waals surface area contributed by atoms with Gasteiger partial charge < -0.3 is 10.2 Å². The van der Waals surface area contributed by atoms with Crippen molar-refractivity contribution in [3.63, 3.8) is 0 Å². The first-order valence-corrected chi connectivity index (χ1v) is 7.82. The molecule has 1 N–H and O–H groups in total. The Kier molecular flexibility index (Phi) is 4.41. The topological polar surface area (TPSA) is 88.4 Å². The van der Waals surface area contributed by atoms with Crippen molar-refractivity contribution in [2.45, 2.75) is 19.8 Å². The van der Waals surface area contributed by atoms with Crippen LogP contribution in [0.5, 0.6) is 0 Å². The summed E-state index contributed by atoms with van der Waals surface area (Å²) in [5, 5.41) is 13.6. The quantitative estimate of drug-likeness (QED) is 0.689. The van der Waals surface area contributed by atoms with Crippen LogP contribution in [0.3, 0.4) is 0 Å². The van der Waals surface area contributed by atoms with Gasteiger partial charge in [-0.2, -0.15) is 0 Å². The van der Waals surface area contributed by atoms with Crippen molar-refractivity contribution in [1.29, 1.82) is 0 Å². The van der Waals surface area contributed by atoms with Gasteiger partial charge in [-0.25, -0.2) is 4.98 Å². The molecule has 0 aliphatic carbocycles. The molecule has 2 aromatic rings. The van der Waals surface area contributed by atoms with Gasteiger partial charge >= 0.3 is 0 Å². The fourth-order valence-electron chi connectivity index (χ4n) is 2.80. The Bertz CT molecular complexity index is 768. The van der Waals surface area contributed by atoms with Crippen LogP contribution >= 0.6 is 0 Å². The summed E-state index contributed by atoms with van der Waals surface area (Å²) in [7, 11) is 0. The van der Waals surface area contributed by atoms with Gasteiger partial charge in [-0.05, 0) is 44.0 Å². The van der Waals surface area contributed by atoms with Crippen molar-refractivity contribution in [2.75, 3.05) is 23.3 Å². The standard InChI is InChI=1S/C17H18N4O3/c1-12-10-13(4-6-15(12)21(23)24)17(22)19-14-5-7-16(18-11-14)20-8-2-3-9-20/h4-7,10-11H,2-3,8-9H2,1H3,(H,19,22). The number of rotatable bonds is 4. The van der Waals surface area contributed by atoms with Gasteiger partial charge in [0.15, 0.2) is 0 Å². The zero-order chi connectivity index (χ0) is 17.1. The average molecular weight is 326 g/mol. The molecule has 0 radical (unpaired) electrons. The smallest absolute Gasteiger partial charge is 0.272 e. The molecule has 7 heteroatoms. The van der Waals surface area contributed by atoms with Crippen LogP contribution in [0.25, 0.3) is 0 Å². The zero-order valence-electron chi connectivity index (χ0n) is 13.4. The van der Waals surface area contributed by atoms with Crippen LogP contribution in [-0.4, -0.2) is 28.9 Å². The number of amides is 1. The molecule has 0 saturated carbocycles. The van der Waals surface area contributed by atoms with Crippen molar-refractivity contribution < 1.29 is 9.72 Å². The van der Waals surface area contributed by atoms with Gasteiger partial charge in [-0.15, -0.1) is 0 Å². The number of carbonyl (C=O) groups is 1. The maximum Gasteiger partial charge on any atom is 0.272 e. The molecule has 24 heavy (non-hydrogen) atoms. The number of aryl methyl sites for hydroxylation is 1. The Morgan fingerprint density at radius 1 is 1.25 bits per heavy atom. The lowest BCUT2D eigenvalue weighted by Crippen LogP contribution is -2.19. The average Bonchev–Trinajstić information content (AvgIpc) is 3.09. The number of benzene rings is 1. The number of nitrogens with zero attached hydrogens (tertiary/aromatic N) is 3. The molecule has 7 nitrogen and oxygen atoms in total. The van der Waals surface area contributed by atoms with Crippen molar-refractivity contribution in [2.24, 2.45) is 0 Å². The molecule has 1 saturated heterocycles. The SMILES string of the molecule is Cc1cc(C(=O)Nc2ccc(N3CCCC3)nc2)ccc1[N+](=O)[O-]. The molecular weight excluding hydrogens is 308 g/mol. The van der Waals surface area contributed by atoms with Gasteiger partial charge in [-0.1, -0.05) is 0 Å². The fraction of sp³-hybridized carbons (Fsp3) is 0.294. The summed E-state index contributed by atoms with van der Waals surface area (Å²) in [6.45, 7) is 3.64. The van der Waals surface area contributed by atoms with Crippen molar-refractivity contribution in [1.82, 2.24) is 4.98 Å². The van der Waals surface area contributed by atoms with Gasteiger partial charge in [0.1, 0.15) is 5.82 Å². The predicted molar refractivity (Wildman–Crippen MR) is 91.5 cm³/mol. The van der Waals surface area contributed by atoms with E-state index in [9.17, 15) is 14.9 Å². The molecule has 1 fully saturated rings. The summed E-state index contributed by atoms with van der Waals surface area (Å²) in [6.07, 6.45) is 3.99. The molecule has 1 aliphatic heterocycles. The summed E-state index contributed by atoms with van der Waals surface area (Å²) in [4.78, 5) is 29.2. The van der Waals surface area contributed by atoms with E-state index in [0.29, 0.717) is 16.8 Å². The van der Waals surface area contributed by atoms with E-state index in [-0.39, 0.29) is 11.6 Å². The number of nitro benzene ring substituents is 1. The number of aromatic nitrogens is 1. The normalized spacial score (nSPS) is 13.8. The van der Waals surface area contributed by atoms with Gasteiger partial charge in [-0.3, -0.25) is 14.9 Å². The Labute approximate surface area is 139 Å². The van der Waals surface area contributed by atoms with E-state index in [1.54, 1.807) is 13.1 Å². The van der Waals surface area contributed by atoms with Gasteiger partial charge in [0, 0.05) is 30.3 Å². The van der Waals surface area contributed by atoms with Crippen molar-refractivity contribution >= 4 is 23.1 Å². The van der Waals surface area contributed by atoms with Gasteiger partial charge in [0.2, 0.25) is 0 Å². The third-order valence-corrected chi connectivity index (χ3v) is 4.09. The monoisotopic (exact) mass is 326 g/mol. The molecule has 1 aromatic heterocycles. The lowest BCUT2D eigenvalue weighted by atomic mass is 10.1. The number of nitro groups is 1. The van der Waals surface area contributed by atoms with Crippen LogP contribution in [0.1, 0.15) is 28.8 Å².